The molecule has 5 nitrogen and oxygen atoms in total. The summed E-state index contributed by atoms with van der Waals surface area (Å²) in [6, 6.07) is 53.1. The molecule has 5 heteroatoms. The molecule has 0 fully saturated rings. The summed E-state index contributed by atoms with van der Waals surface area (Å²) in [4.78, 5) is 14.7. The standard InChI is InChI=1S/C51H32N4O/c1-4-12-33(13-5-1)34-20-22-36(23-21-34)50-52-49(35-14-6-2-7-15-35)53-51(54-50)39-25-28-43-42-27-24-38(31-47(42)56-48(43)32-39)37-26-29-46-44(30-37)41-18-10-11-19-45(41)55(46)40-16-8-3-9-17-40/h1-32H/i1D,4D,5D,12D,13D. The SMILES string of the molecule is [2H]c1c([2H])c([2H])c(-c2ccc(-c3nc(-c4ccccc4)nc(-c4ccc5c(c4)oc4cc(-c6ccc7c(c6)c6ccccc6n7-c6ccccc6)ccc45)n3)cc2)c([2H])c1[2H]. The largest absolute Gasteiger partial charge is 0.456 e. The fourth-order valence-electron chi connectivity index (χ4n) is 7.63. The van der Waals surface area contributed by atoms with Crippen LogP contribution >= 0.6 is 0 Å². The summed E-state index contributed by atoms with van der Waals surface area (Å²) in [5, 5.41) is 4.37. The molecule has 0 aliphatic carbocycles. The molecule has 56 heavy (non-hydrogen) atoms. The predicted octanol–water partition coefficient (Wildman–Crippen LogP) is 13.2. The highest BCUT2D eigenvalue weighted by Gasteiger charge is 2.17. The molecular weight excluding hydrogens is 685 g/mol. The first kappa shape index (κ1) is 27.0. The molecule has 11 rings (SSSR count). The quantitative estimate of drug-likeness (QED) is 0.172. The lowest BCUT2D eigenvalue weighted by molar-refractivity contribution is 0.669. The average Bonchev–Trinajstić information content (AvgIpc) is 3.85. The van der Waals surface area contributed by atoms with Crippen LogP contribution in [0.25, 0.3) is 106 Å². The minimum absolute atomic E-state index is 0.137. The van der Waals surface area contributed by atoms with Crippen molar-refractivity contribution in [3.8, 4) is 62.1 Å². The summed E-state index contributed by atoms with van der Waals surface area (Å²) in [7, 11) is 0. The number of hydrogen-bond acceptors (Lipinski definition) is 4. The fraction of sp³-hybridized carbons (Fsp3) is 0. The second-order valence-corrected chi connectivity index (χ2v) is 13.7. The van der Waals surface area contributed by atoms with Crippen molar-refractivity contribution < 1.29 is 11.3 Å². The summed E-state index contributed by atoms with van der Waals surface area (Å²) in [6.07, 6.45) is 0. The van der Waals surface area contributed by atoms with Crippen molar-refractivity contribution in [1.29, 1.82) is 0 Å². The number of rotatable bonds is 6. The van der Waals surface area contributed by atoms with Crippen LogP contribution in [-0.2, 0) is 0 Å². The van der Waals surface area contributed by atoms with Crippen LogP contribution in [-0.4, -0.2) is 19.5 Å². The van der Waals surface area contributed by atoms with Crippen LogP contribution in [0.1, 0.15) is 6.85 Å². The lowest BCUT2D eigenvalue weighted by Crippen LogP contribution is -2.00. The summed E-state index contributed by atoms with van der Waals surface area (Å²) in [6.45, 7) is 0. The zero-order valence-corrected chi connectivity index (χ0v) is 29.8. The maximum atomic E-state index is 8.44. The van der Waals surface area contributed by atoms with Gasteiger partial charge >= 0.3 is 0 Å². The Morgan fingerprint density at radius 1 is 0.375 bits per heavy atom. The maximum Gasteiger partial charge on any atom is 0.164 e. The summed E-state index contributed by atoms with van der Waals surface area (Å²) < 4.78 is 50.0. The van der Waals surface area contributed by atoms with E-state index in [2.05, 4.69) is 89.5 Å². The van der Waals surface area contributed by atoms with Gasteiger partial charge in [-0.25, -0.2) is 15.0 Å². The van der Waals surface area contributed by atoms with Crippen molar-refractivity contribution in [3.05, 3.63) is 194 Å². The average molecular weight is 722 g/mol. The molecule has 0 aliphatic rings. The Bertz CT molecular complexity index is 3500. The number of nitrogens with zero attached hydrogens (tertiary/aromatic N) is 4. The Morgan fingerprint density at radius 2 is 0.893 bits per heavy atom. The highest BCUT2D eigenvalue weighted by molar-refractivity contribution is 6.11. The first-order valence-electron chi connectivity index (χ1n) is 20.9. The molecule has 0 amide bonds. The molecule has 0 spiro atoms. The number of hydrogen-bond donors (Lipinski definition) is 0. The third-order valence-electron chi connectivity index (χ3n) is 10.4. The molecule has 3 heterocycles. The van der Waals surface area contributed by atoms with Crippen LogP contribution in [0.5, 0.6) is 0 Å². The monoisotopic (exact) mass is 721 g/mol. The van der Waals surface area contributed by atoms with Gasteiger partial charge in [-0.1, -0.05) is 139 Å². The van der Waals surface area contributed by atoms with Gasteiger partial charge in [0.25, 0.3) is 0 Å². The Balaban J connectivity index is 0.978. The van der Waals surface area contributed by atoms with E-state index >= 15 is 0 Å². The molecule has 0 saturated carbocycles. The van der Waals surface area contributed by atoms with Crippen LogP contribution in [0.3, 0.4) is 0 Å². The minimum atomic E-state index is -0.426. The lowest BCUT2D eigenvalue weighted by atomic mass is 10.0. The van der Waals surface area contributed by atoms with Gasteiger partial charge in [-0.15, -0.1) is 0 Å². The molecule has 3 aromatic heterocycles. The highest BCUT2D eigenvalue weighted by atomic mass is 16.3. The minimum Gasteiger partial charge on any atom is -0.456 e. The van der Waals surface area contributed by atoms with Gasteiger partial charge in [0.2, 0.25) is 0 Å². The smallest absolute Gasteiger partial charge is 0.164 e. The van der Waals surface area contributed by atoms with Crippen molar-refractivity contribution in [1.82, 2.24) is 19.5 Å². The van der Waals surface area contributed by atoms with E-state index in [1.807, 2.05) is 54.6 Å². The van der Waals surface area contributed by atoms with Crippen LogP contribution < -0.4 is 0 Å². The molecule has 0 radical (unpaired) electrons. The fourth-order valence-corrected chi connectivity index (χ4v) is 7.63. The Labute approximate surface area is 329 Å². The van der Waals surface area contributed by atoms with E-state index in [9.17, 15) is 0 Å². The van der Waals surface area contributed by atoms with Crippen LogP contribution in [0.15, 0.2) is 198 Å². The van der Waals surface area contributed by atoms with E-state index in [4.69, 9.17) is 26.2 Å². The van der Waals surface area contributed by atoms with E-state index in [1.165, 1.54) is 10.8 Å². The molecule has 0 atom stereocenters. The normalized spacial score (nSPS) is 12.8. The van der Waals surface area contributed by atoms with Gasteiger partial charge in [-0.3, -0.25) is 0 Å². The Kier molecular flexibility index (Phi) is 6.29. The van der Waals surface area contributed by atoms with Gasteiger partial charge in [-0.2, -0.15) is 0 Å². The molecule has 0 unspecified atom stereocenters. The van der Waals surface area contributed by atoms with Crippen LogP contribution in [0.4, 0.5) is 0 Å². The third kappa shape index (κ3) is 5.45. The Morgan fingerprint density at radius 3 is 1.62 bits per heavy atom. The van der Waals surface area contributed by atoms with Gasteiger partial charge in [0, 0.05) is 43.9 Å². The molecule has 0 saturated heterocycles. The molecule has 8 aromatic carbocycles. The second kappa shape index (κ2) is 13.0. The molecule has 11 aromatic rings. The summed E-state index contributed by atoms with van der Waals surface area (Å²) in [5.41, 5.74) is 9.95. The zero-order chi connectivity index (χ0) is 41.4. The first-order chi connectivity index (χ1) is 29.8. The van der Waals surface area contributed by atoms with E-state index in [0.29, 0.717) is 34.2 Å². The third-order valence-corrected chi connectivity index (χ3v) is 10.4. The predicted molar refractivity (Wildman–Crippen MR) is 229 cm³/mol. The van der Waals surface area contributed by atoms with Gasteiger partial charge in [0.1, 0.15) is 11.2 Å². The van der Waals surface area contributed by atoms with Crippen molar-refractivity contribution >= 4 is 43.7 Å². The molecule has 262 valence electrons. The van der Waals surface area contributed by atoms with E-state index in [0.717, 1.165) is 55.3 Å². The van der Waals surface area contributed by atoms with Gasteiger partial charge in [0.15, 0.2) is 17.5 Å². The van der Waals surface area contributed by atoms with Gasteiger partial charge < -0.3 is 8.98 Å². The topological polar surface area (TPSA) is 56.7 Å². The number of benzene rings is 8. The molecule has 0 N–H and O–H groups in total. The summed E-state index contributed by atoms with van der Waals surface area (Å²) in [5.74, 6) is 1.38. The lowest BCUT2D eigenvalue weighted by Gasteiger charge is -2.09. The van der Waals surface area contributed by atoms with Crippen LogP contribution in [0, 0.1) is 0 Å². The molecule has 0 aliphatic heterocycles. The first-order valence-corrected chi connectivity index (χ1v) is 18.4. The van der Waals surface area contributed by atoms with Crippen molar-refractivity contribution in [3.63, 3.8) is 0 Å². The van der Waals surface area contributed by atoms with E-state index in [-0.39, 0.29) is 29.7 Å². The van der Waals surface area contributed by atoms with Crippen LogP contribution in [0.2, 0.25) is 0 Å². The van der Waals surface area contributed by atoms with Crippen molar-refractivity contribution in [2.75, 3.05) is 0 Å². The van der Waals surface area contributed by atoms with Gasteiger partial charge in [-0.05, 0) is 76.9 Å². The number of aromatic nitrogens is 4. The highest BCUT2D eigenvalue weighted by Crippen LogP contribution is 2.38. The number of furan rings is 1. The number of para-hydroxylation sites is 2. The molecular formula is C51H32N4O. The van der Waals surface area contributed by atoms with E-state index < -0.39 is 6.04 Å². The zero-order valence-electron chi connectivity index (χ0n) is 34.8. The van der Waals surface area contributed by atoms with Crippen molar-refractivity contribution in [2.24, 2.45) is 0 Å². The van der Waals surface area contributed by atoms with Gasteiger partial charge in [0.05, 0.1) is 17.9 Å². The second-order valence-electron chi connectivity index (χ2n) is 13.7. The van der Waals surface area contributed by atoms with Crippen molar-refractivity contribution in [2.45, 2.75) is 0 Å². The summed E-state index contributed by atoms with van der Waals surface area (Å²) >= 11 is 0. The Hall–Kier alpha value is -7.63. The van der Waals surface area contributed by atoms with E-state index in [1.54, 1.807) is 24.3 Å². The maximum absolute atomic E-state index is 8.44. The number of fused-ring (bicyclic) bond motifs is 6. The molecule has 0 bridgehead atoms.